The van der Waals surface area contributed by atoms with Gasteiger partial charge < -0.3 is 28.8 Å². The fourth-order valence-electron chi connectivity index (χ4n) is 9.85. The predicted molar refractivity (Wildman–Crippen MR) is 334 cm³/mol. The summed E-state index contributed by atoms with van der Waals surface area (Å²) in [6, 6.07) is -0.886. The number of amides is 1. The molecule has 0 bridgehead atoms. The van der Waals surface area contributed by atoms with Gasteiger partial charge in [-0.2, -0.15) is 0 Å². The van der Waals surface area contributed by atoms with Gasteiger partial charge in [0.15, 0.2) is 0 Å². The summed E-state index contributed by atoms with van der Waals surface area (Å²) < 4.78 is 23.4. The van der Waals surface area contributed by atoms with Gasteiger partial charge in [-0.15, -0.1) is 0 Å². The third-order valence-corrected chi connectivity index (χ3v) is 15.9. The highest BCUT2D eigenvalue weighted by Gasteiger charge is 2.23. The number of nitrogens with one attached hydrogen (secondary N) is 1. The molecule has 0 aromatic rings. The molecule has 8 nitrogen and oxygen atoms in total. The zero-order valence-electron chi connectivity index (χ0n) is 51.7. The number of aliphatic hydroxyl groups excluding tert-OH is 1. The van der Waals surface area contributed by atoms with Gasteiger partial charge in [-0.1, -0.05) is 312 Å². The minimum Gasteiger partial charge on any atom is -0.756 e. The summed E-state index contributed by atoms with van der Waals surface area (Å²) in [7, 11) is 1.27. The molecule has 452 valence electrons. The smallest absolute Gasteiger partial charge is 0.268 e. The number of nitrogens with zero attached hydrogens (tertiary/aromatic N) is 1. The Hall–Kier alpha value is -1.80. The highest BCUT2D eigenvalue weighted by Crippen LogP contribution is 2.38. The van der Waals surface area contributed by atoms with E-state index in [1.54, 1.807) is 6.08 Å². The van der Waals surface area contributed by atoms with Crippen LogP contribution in [0.1, 0.15) is 316 Å². The van der Waals surface area contributed by atoms with E-state index >= 15 is 0 Å². The van der Waals surface area contributed by atoms with Gasteiger partial charge in [0.05, 0.1) is 39.9 Å². The van der Waals surface area contributed by atoms with Gasteiger partial charge in [-0.25, -0.2) is 0 Å². The van der Waals surface area contributed by atoms with Crippen LogP contribution in [0.25, 0.3) is 0 Å². The van der Waals surface area contributed by atoms with Gasteiger partial charge in [-0.05, 0) is 57.8 Å². The number of quaternary nitrogens is 1. The molecule has 0 aliphatic carbocycles. The Morgan fingerprint density at radius 2 is 0.792 bits per heavy atom. The zero-order valence-corrected chi connectivity index (χ0v) is 52.6. The Kier molecular flexibility index (Phi) is 57.5. The summed E-state index contributed by atoms with van der Waals surface area (Å²) in [4.78, 5) is 25.6. The molecule has 0 radical (unpaired) electrons. The van der Waals surface area contributed by atoms with Gasteiger partial charge in [0.25, 0.3) is 7.82 Å². The Morgan fingerprint density at radius 3 is 1.16 bits per heavy atom. The van der Waals surface area contributed by atoms with Crippen molar-refractivity contribution in [1.82, 2.24) is 5.32 Å². The van der Waals surface area contributed by atoms with E-state index in [2.05, 4.69) is 67.8 Å². The summed E-state index contributed by atoms with van der Waals surface area (Å²) in [5, 5.41) is 13.9. The van der Waals surface area contributed by atoms with Crippen molar-refractivity contribution >= 4 is 13.7 Å². The van der Waals surface area contributed by atoms with Crippen LogP contribution < -0.4 is 10.2 Å². The second-order valence-electron chi connectivity index (χ2n) is 23.8. The van der Waals surface area contributed by atoms with Crippen molar-refractivity contribution in [2.45, 2.75) is 328 Å². The summed E-state index contributed by atoms with van der Waals surface area (Å²) >= 11 is 0. The minimum absolute atomic E-state index is 0.000263. The molecule has 0 saturated heterocycles. The molecule has 0 fully saturated rings. The molecule has 3 unspecified atom stereocenters. The Bertz CT molecular complexity index is 1440. The van der Waals surface area contributed by atoms with Gasteiger partial charge in [0.2, 0.25) is 5.91 Å². The maximum Gasteiger partial charge on any atom is 0.268 e. The fourth-order valence-corrected chi connectivity index (χ4v) is 10.6. The van der Waals surface area contributed by atoms with E-state index in [1.807, 2.05) is 27.2 Å². The number of carbonyl (C=O) groups excluding carboxylic acids is 1. The molecule has 0 aliphatic heterocycles. The van der Waals surface area contributed by atoms with Gasteiger partial charge in [-0.3, -0.25) is 9.36 Å². The van der Waals surface area contributed by atoms with Crippen LogP contribution in [0.3, 0.4) is 0 Å². The Labute approximate surface area is 479 Å². The number of phosphoric ester groups is 1. The minimum atomic E-state index is -4.60. The second kappa shape index (κ2) is 58.8. The van der Waals surface area contributed by atoms with Crippen molar-refractivity contribution in [2.75, 3.05) is 40.9 Å². The van der Waals surface area contributed by atoms with Crippen molar-refractivity contribution in [2.24, 2.45) is 0 Å². The highest BCUT2D eigenvalue weighted by atomic mass is 31.2. The number of allylic oxidation sites excluding steroid dienone is 9. The lowest BCUT2D eigenvalue weighted by atomic mass is 10.0. The maximum absolute atomic E-state index is 13.0. The Balaban J connectivity index is 3.96. The number of aliphatic hydroxyl groups is 1. The van der Waals surface area contributed by atoms with Crippen LogP contribution in [0.15, 0.2) is 60.8 Å². The molecule has 0 rings (SSSR count). The SMILES string of the molecule is CC/C=C\C/C=C\C/C=C\C/C=C\CCCCCCCCCCCCCCCCCCCCCCCCCCC(=O)NC(COP(=O)([O-])OCC[N+](C)(C)C)C(O)/C=C/CCCCCCCCCCCCCCCCCC. The molecule has 0 aliphatic rings. The van der Waals surface area contributed by atoms with Crippen molar-refractivity contribution in [3.05, 3.63) is 60.8 Å². The van der Waals surface area contributed by atoms with Crippen LogP contribution in [-0.4, -0.2) is 68.5 Å². The first-order valence-corrected chi connectivity index (χ1v) is 34.6. The molecule has 0 aromatic heterocycles. The van der Waals surface area contributed by atoms with E-state index < -0.39 is 20.0 Å². The first kappa shape index (κ1) is 75.2. The van der Waals surface area contributed by atoms with Crippen LogP contribution >= 0.6 is 7.82 Å². The van der Waals surface area contributed by atoms with E-state index in [-0.39, 0.29) is 19.1 Å². The number of hydrogen-bond acceptors (Lipinski definition) is 6. The van der Waals surface area contributed by atoms with Crippen LogP contribution in [-0.2, 0) is 18.4 Å². The van der Waals surface area contributed by atoms with E-state index in [0.717, 1.165) is 64.2 Å². The number of phosphoric acid groups is 1. The quantitative estimate of drug-likeness (QED) is 0.0272. The number of rotatable bonds is 61. The number of carbonyl (C=O) groups is 1. The van der Waals surface area contributed by atoms with E-state index in [9.17, 15) is 19.4 Å². The molecule has 2 N–H and O–H groups in total. The monoisotopic (exact) mass is 1100 g/mol. The lowest BCUT2D eigenvalue weighted by Gasteiger charge is -2.29. The predicted octanol–water partition coefficient (Wildman–Crippen LogP) is 20.2. The van der Waals surface area contributed by atoms with Gasteiger partial charge in [0.1, 0.15) is 13.2 Å². The maximum atomic E-state index is 13.0. The fraction of sp³-hybridized carbons (Fsp3) is 0.838. The first-order chi connectivity index (χ1) is 37.5. The molecule has 77 heavy (non-hydrogen) atoms. The number of likely N-dealkylation sites (N-methyl/N-ethyl adjacent to an activating group) is 1. The lowest BCUT2D eigenvalue weighted by molar-refractivity contribution is -0.870. The third kappa shape index (κ3) is 61.7. The lowest BCUT2D eigenvalue weighted by Crippen LogP contribution is -2.45. The average molecular weight is 1100 g/mol. The Morgan fingerprint density at radius 1 is 0.468 bits per heavy atom. The van der Waals surface area contributed by atoms with Crippen LogP contribution in [0.4, 0.5) is 0 Å². The van der Waals surface area contributed by atoms with E-state index in [4.69, 9.17) is 9.05 Å². The van der Waals surface area contributed by atoms with Crippen molar-refractivity contribution in [3.63, 3.8) is 0 Å². The largest absolute Gasteiger partial charge is 0.756 e. The normalized spacial score (nSPS) is 14.1. The molecule has 0 saturated carbocycles. The van der Waals surface area contributed by atoms with Crippen molar-refractivity contribution in [1.29, 1.82) is 0 Å². The number of unbranched alkanes of at least 4 members (excludes halogenated alkanes) is 40. The average Bonchev–Trinajstić information content (AvgIpc) is 3.39. The summed E-state index contributed by atoms with van der Waals surface area (Å²) in [5.74, 6) is -0.192. The molecular formula is C68H129N2O6P. The van der Waals surface area contributed by atoms with Gasteiger partial charge >= 0.3 is 0 Å². The third-order valence-electron chi connectivity index (χ3n) is 15.0. The molecule has 0 heterocycles. The van der Waals surface area contributed by atoms with Crippen LogP contribution in [0.2, 0.25) is 0 Å². The van der Waals surface area contributed by atoms with Crippen LogP contribution in [0, 0.1) is 0 Å². The molecule has 3 atom stereocenters. The molecular weight excluding hydrogens is 972 g/mol. The summed E-state index contributed by atoms with van der Waals surface area (Å²) in [6.07, 6.45) is 80.5. The first-order valence-electron chi connectivity index (χ1n) is 33.2. The summed E-state index contributed by atoms with van der Waals surface area (Å²) in [6.45, 7) is 4.57. The zero-order chi connectivity index (χ0) is 56.3. The van der Waals surface area contributed by atoms with E-state index in [1.165, 1.54) is 231 Å². The van der Waals surface area contributed by atoms with Crippen molar-refractivity contribution in [3.8, 4) is 0 Å². The molecule has 0 aromatic carbocycles. The summed E-state index contributed by atoms with van der Waals surface area (Å²) in [5.41, 5.74) is 0. The molecule has 9 heteroatoms. The second-order valence-corrected chi connectivity index (χ2v) is 25.2. The van der Waals surface area contributed by atoms with E-state index in [0.29, 0.717) is 17.4 Å². The standard InChI is InChI=1S/C68H129N2O6P/c1-6-8-10-12-14-16-18-20-22-24-26-27-28-29-30-31-32-33-34-35-36-37-38-39-40-41-42-43-44-46-48-50-52-54-56-58-60-62-68(72)69-66(65-76-77(73,74)75-64-63-70(3,4)5)67(71)61-59-57-55-53-51-49-47-45-25-23-21-19-17-15-13-11-9-7-2/h8,10,14,16,20,22,26-27,59,61,66-67,71H,6-7,9,11-13,15,17-19,21,23-25,28-58,60,62-65H2,1-5H3,(H-,69,72,73,74)/b10-8-,16-14-,22-20-,27-26-,61-59+. The highest BCUT2D eigenvalue weighted by molar-refractivity contribution is 7.45. The topological polar surface area (TPSA) is 108 Å². The van der Waals surface area contributed by atoms with Crippen molar-refractivity contribution < 1.29 is 32.9 Å². The number of hydrogen-bond donors (Lipinski definition) is 2. The molecule has 1 amide bonds. The molecule has 0 spiro atoms. The van der Waals surface area contributed by atoms with Crippen LogP contribution in [0.5, 0.6) is 0 Å². The van der Waals surface area contributed by atoms with Gasteiger partial charge in [0, 0.05) is 6.42 Å².